The second kappa shape index (κ2) is 8.23. The third kappa shape index (κ3) is 4.76. The number of amides is 2. The van der Waals surface area contributed by atoms with Gasteiger partial charge in [-0.15, -0.1) is 11.3 Å². The van der Waals surface area contributed by atoms with Crippen LogP contribution >= 0.6 is 11.3 Å². The van der Waals surface area contributed by atoms with Crippen LogP contribution in [0.5, 0.6) is 5.75 Å². The number of methoxy groups -OCH3 is 1. The molecule has 0 spiro atoms. The van der Waals surface area contributed by atoms with Crippen LogP contribution < -0.4 is 20.7 Å². The first-order chi connectivity index (χ1) is 13.0. The van der Waals surface area contributed by atoms with Crippen LogP contribution in [0.2, 0.25) is 0 Å². The Hall–Kier alpha value is -3.53. The van der Waals surface area contributed by atoms with Gasteiger partial charge in [0.1, 0.15) is 11.4 Å². The number of benzene rings is 1. The Morgan fingerprint density at radius 1 is 1.15 bits per heavy atom. The summed E-state index contributed by atoms with van der Waals surface area (Å²) in [6.45, 7) is 1.41. The minimum absolute atomic E-state index is 0.212. The van der Waals surface area contributed by atoms with E-state index in [0.29, 0.717) is 28.2 Å². The van der Waals surface area contributed by atoms with Crippen molar-refractivity contribution < 1.29 is 14.3 Å². The number of rotatable bonds is 6. The molecular weight excluding hydrogens is 368 g/mol. The smallest absolute Gasteiger partial charge is 0.275 e. The molecule has 2 aromatic heterocycles. The summed E-state index contributed by atoms with van der Waals surface area (Å²) in [6, 6.07) is 6.65. The molecule has 0 unspecified atom stereocenters. The Kier molecular flexibility index (Phi) is 5.57. The lowest BCUT2D eigenvalue weighted by Gasteiger charge is -2.11. The Balaban J connectivity index is 1.74. The van der Waals surface area contributed by atoms with Gasteiger partial charge in [0.15, 0.2) is 5.13 Å². The van der Waals surface area contributed by atoms with Crippen molar-refractivity contribution in [3.8, 4) is 5.75 Å². The molecular formula is C17H16N6O3S. The first-order valence-corrected chi connectivity index (χ1v) is 8.69. The van der Waals surface area contributed by atoms with Crippen LogP contribution in [0.3, 0.4) is 0 Å². The van der Waals surface area contributed by atoms with Gasteiger partial charge in [0, 0.05) is 30.4 Å². The van der Waals surface area contributed by atoms with Crippen LogP contribution in [-0.2, 0) is 4.79 Å². The van der Waals surface area contributed by atoms with Crippen molar-refractivity contribution in [2.24, 2.45) is 0 Å². The fourth-order valence-corrected chi connectivity index (χ4v) is 2.85. The highest BCUT2D eigenvalue weighted by Gasteiger charge is 2.14. The van der Waals surface area contributed by atoms with Crippen molar-refractivity contribution in [1.82, 2.24) is 15.0 Å². The van der Waals surface area contributed by atoms with Crippen molar-refractivity contribution in [1.29, 1.82) is 0 Å². The zero-order valence-electron chi connectivity index (χ0n) is 14.5. The number of thiazole rings is 1. The zero-order chi connectivity index (χ0) is 19.2. The summed E-state index contributed by atoms with van der Waals surface area (Å²) in [5.74, 6) is 0.231. The lowest BCUT2D eigenvalue weighted by atomic mass is 10.2. The second-order valence-electron chi connectivity index (χ2n) is 5.29. The van der Waals surface area contributed by atoms with E-state index in [1.165, 1.54) is 25.4 Å². The molecule has 0 radical (unpaired) electrons. The van der Waals surface area contributed by atoms with Gasteiger partial charge in [0.25, 0.3) is 5.91 Å². The lowest BCUT2D eigenvalue weighted by molar-refractivity contribution is -0.114. The zero-order valence-corrected chi connectivity index (χ0v) is 15.3. The summed E-state index contributed by atoms with van der Waals surface area (Å²) in [6.07, 6.45) is 3.20. The largest absolute Gasteiger partial charge is 0.495 e. The average Bonchev–Trinajstić information content (AvgIpc) is 3.11. The van der Waals surface area contributed by atoms with Gasteiger partial charge in [-0.1, -0.05) is 0 Å². The molecule has 138 valence electrons. The van der Waals surface area contributed by atoms with Crippen LogP contribution in [0.1, 0.15) is 17.4 Å². The number of ether oxygens (including phenoxy) is 1. The summed E-state index contributed by atoms with van der Waals surface area (Å²) in [7, 11) is 1.49. The van der Waals surface area contributed by atoms with E-state index >= 15 is 0 Å². The quantitative estimate of drug-likeness (QED) is 0.598. The molecule has 3 rings (SSSR count). The predicted octanol–water partition coefficient (Wildman–Crippen LogP) is 2.90. The molecule has 9 nitrogen and oxygen atoms in total. The maximum absolute atomic E-state index is 12.5. The number of hydrogen-bond donors (Lipinski definition) is 3. The lowest BCUT2D eigenvalue weighted by Crippen LogP contribution is -2.14. The van der Waals surface area contributed by atoms with Gasteiger partial charge < -0.3 is 20.7 Å². The van der Waals surface area contributed by atoms with E-state index in [1.807, 2.05) is 0 Å². The highest BCUT2D eigenvalue weighted by molar-refractivity contribution is 7.14. The summed E-state index contributed by atoms with van der Waals surface area (Å²) in [5, 5.41) is 10.4. The molecule has 0 aliphatic carbocycles. The maximum Gasteiger partial charge on any atom is 0.275 e. The van der Waals surface area contributed by atoms with Gasteiger partial charge in [-0.3, -0.25) is 9.59 Å². The minimum atomic E-state index is -0.411. The highest BCUT2D eigenvalue weighted by Crippen LogP contribution is 2.29. The standard InChI is InChI=1S/C17H16N6O3S/c1-10(24)20-11-4-5-14(26-2)12(8-11)21-15(25)13-9-27-17(22-13)23-16-18-6-3-7-19-16/h3-9H,1-2H3,(H,20,24)(H,21,25)(H,18,19,22,23). The van der Waals surface area contributed by atoms with Gasteiger partial charge in [0.2, 0.25) is 11.9 Å². The van der Waals surface area contributed by atoms with Crippen LogP contribution in [-0.4, -0.2) is 33.9 Å². The predicted molar refractivity (Wildman–Crippen MR) is 103 cm³/mol. The Morgan fingerprint density at radius 3 is 2.63 bits per heavy atom. The SMILES string of the molecule is COc1ccc(NC(C)=O)cc1NC(=O)c1csc(Nc2ncccn2)n1. The monoisotopic (exact) mass is 384 g/mol. The minimum Gasteiger partial charge on any atom is -0.495 e. The van der Waals surface area contributed by atoms with Gasteiger partial charge in [0.05, 0.1) is 12.8 Å². The number of aromatic nitrogens is 3. The van der Waals surface area contributed by atoms with E-state index in [4.69, 9.17) is 4.74 Å². The van der Waals surface area contributed by atoms with Crippen LogP contribution in [0.4, 0.5) is 22.5 Å². The van der Waals surface area contributed by atoms with Crippen molar-refractivity contribution in [2.75, 3.05) is 23.1 Å². The van der Waals surface area contributed by atoms with Crippen molar-refractivity contribution in [3.05, 3.63) is 47.7 Å². The molecule has 0 fully saturated rings. The molecule has 2 heterocycles. The van der Waals surface area contributed by atoms with E-state index in [1.54, 1.807) is 42.0 Å². The summed E-state index contributed by atoms with van der Waals surface area (Å²) in [4.78, 5) is 36.1. The first-order valence-electron chi connectivity index (χ1n) is 7.81. The Labute approximate surface area is 158 Å². The highest BCUT2D eigenvalue weighted by atomic mass is 32.1. The van der Waals surface area contributed by atoms with E-state index < -0.39 is 5.91 Å². The van der Waals surface area contributed by atoms with Crippen molar-refractivity contribution in [2.45, 2.75) is 6.92 Å². The fourth-order valence-electron chi connectivity index (χ4n) is 2.17. The normalized spacial score (nSPS) is 10.1. The van der Waals surface area contributed by atoms with Crippen LogP contribution in [0, 0.1) is 0 Å². The number of nitrogens with zero attached hydrogens (tertiary/aromatic N) is 3. The number of carbonyl (C=O) groups is 2. The topological polar surface area (TPSA) is 118 Å². The fraction of sp³-hybridized carbons (Fsp3) is 0.118. The maximum atomic E-state index is 12.5. The van der Waals surface area contributed by atoms with E-state index in [9.17, 15) is 9.59 Å². The molecule has 0 atom stereocenters. The summed E-state index contributed by atoms with van der Waals surface area (Å²) < 4.78 is 5.25. The number of anilines is 4. The molecule has 0 aliphatic rings. The average molecular weight is 384 g/mol. The summed E-state index contributed by atoms with van der Waals surface area (Å²) >= 11 is 1.25. The van der Waals surface area contributed by atoms with E-state index in [2.05, 4.69) is 30.9 Å². The molecule has 3 aromatic rings. The molecule has 27 heavy (non-hydrogen) atoms. The Morgan fingerprint density at radius 2 is 1.93 bits per heavy atom. The molecule has 3 N–H and O–H groups in total. The molecule has 2 amide bonds. The van der Waals surface area contributed by atoms with Gasteiger partial charge in [-0.05, 0) is 24.3 Å². The third-order valence-corrected chi connectivity index (χ3v) is 4.05. The van der Waals surface area contributed by atoms with Crippen LogP contribution in [0.25, 0.3) is 0 Å². The molecule has 0 saturated heterocycles. The second-order valence-corrected chi connectivity index (χ2v) is 6.14. The van der Waals surface area contributed by atoms with Crippen molar-refractivity contribution in [3.63, 3.8) is 0 Å². The third-order valence-electron chi connectivity index (χ3n) is 3.29. The van der Waals surface area contributed by atoms with Crippen LogP contribution in [0.15, 0.2) is 42.0 Å². The first kappa shape index (κ1) is 18.3. The van der Waals surface area contributed by atoms with Gasteiger partial charge in [-0.2, -0.15) is 0 Å². The van der Waals surface area contributed by atoms with E-state index in [-0.39, 0.29) is 11.6 Å². The van der Waals surface area contributed by atoms with Gasteiger partial charge >= 0.3 is 0 Å². The molecule has 10 heteroatoms. The molecule has 1 aromatic carbocycles. The molecule has 0 bridgehead atoms. The Bertz CT molecular complexity index is 960. The van der Waals surface area contributed by atoms with E-state index in [0.717, 1.165) is 0 Å². The molecule has 0 aliphatic heterocycles. The molecule has 0 saturated carbocycles. The van der Waals surface area contributed by atoms with Gasteiger partial charge in [-0.25, -0.2) is 15.0 Å². The number of hydrogen-bond acceptors (Lipinski definition) is 8. The number of nitrogens with one attached hydrogen (secondary N) is 3. The number of carbonyl (C=O) groups excluding carboxylic acids is 2. The summed E-state index contributed by atoms with van der Waals surface area (Å²) in [5.41, 5.74) is 1.19. The van der Waals surface area contributed by atoms with Crippen molar-refractivity contribution >= 4 is 45.6 Å².